The second-order valence-electron chi connectivity index (χ2n) is 19.6. The van der Waals surface area contributed by atoms with E-state index in [1.54, 1.807) is 23.9 Å². The summed E-state index contributed by atoms with van der Waals surface area (Å²) in [6, 6.07) is 12.4. The first kappa shape index (κ1) is 43.5. The molecule has 1 N–H and O–H groups in total. The van der Waals surface area contributed by atoms with Crippen molar-refractivity contribution in [2.24, 2.45) is 5.92 Å². The number of aromatic nitrogens is 4. The number of carbonyl (C=O) groups excluding carboxylic acids is 3. The van der Waals surface area contributed by atoms with E-state index in [2.05, 4.69) is 65.2 Å². The highest BCUT2D eigenvalue weighted by Crippen LogP contribution is 2.35. The number of piperidine rings is 2. The van der Waals surface area contributed by atoms with Crippen LogP contribution < -0.4 is 15.1 Å². The maximum atomic E-state index is 13.2. The van der Waals surface area contributed by atoms with Crippen LogP contribution in [0.5, 0.6) is 0 Å². The third kappa shape index (κ3) is 9.37. The Kier molecular flexibility index (Phi) is 12.6. The fourth-order valence-electron chi connectivity index (χ4n) is 11.2. The second-order valence-corrected chi connectivity index (χ2v) is 19.6. The lowest BCUT2D eigenvalue weighted by Gasteiger charge is -2.40. The van der Waals surface area contributed by atoms with Crippen molar-refractivity contribution in [1.82, 2.24) is 49.3 Å². The van der Waals surface area contributed by atoms with Gasteiger partial charge in [0.2, 0.25) is 5.91 Å². The van der Waals surface area contributed by atoms with Crippen LogP contribution in [0.15, 0.2) is 61.1 Å². The molecule has 6 aliphatic rings. The Bertz CT molecular complexity index is 2390. The summed E-state index contributed by atoms with van der Waals surface area (Å²) in [6.45, 7) is 18.4. The smallest absolute Gasteiger partial charge is 0.270 e. The molecule has 0 radical (unpaired) electrons. The molecular formula is C50H66N12O3. The van der Waals surface area contributed by atoms with E-state index >= 15 is 0 Å². The van der Waals surface area contributed by atoms with E-state index in [0.717, 1.165) is 124 Å². The van der Waals surface area contributed by atoms with Gasteiger partial charge in [-0.3, -0.25) is 29.2 Å². The summed E-state index contributed by atoms with van der Waals surface area (Å²) in [4.78, 5) is 69.8. The van der Waals surface area contributed by atoms with E-state index in [1.165, 1.54) is 56.7 Å². The molecule has 0 bridgehead atoms. The Morgan fingerprint density at radius 1 is 0.785 bits per heavy atom. The maximum absolute atomic E-state index is 13.2. The minimum Gasteiger partial charge on any atom is -0.369 e. The fraction of sp³-hybridized carbons (Fsp3) is 0.560. The SMILES string of the molecule is C=C1CC[C@H](N2Cc3cc(N4CCN(CC5CCN(CCN6CCN(c7ccc(Cc8ncc9cc(C(=O)N(C)C)n(C%10CCCC%10)c9n8)nc7)CC6)CC5)CC4)ccc3C2=O)C(=O)N1. The van der Waals surface area contributed by atoms with Crippen molar-refractivity contribution in [3.8, 4) is 0 Å². The first-order valence-electron chi connectivity index (χ1n) is 24.3. The number of piperazine rings is 2. The molecular weight excluding hydrogens is 817 g/mol. The molecule has 1 saturated carbocycles. The van der Waals surface area contributed by atoms with E-state index in [0.29, 0.717) is 37.5 Å². The number of likely N-dealkylation sites (tertiary alicyclic amines) is 1. The highest BCUT2D eigenvalue weighted by Gasteiger charge is 2.38. The number of pyridine rings is 1. The van der Waals surface area contributed by atoms with E-state index < -0.39 is 6.04 Å². The molecule has 3 aromatic heterocycles. The van der Waals surface area contributed by atoms with Crippen LogP contribution in [-0.2, 0) is 17.8 Å². The third-order valence-corrected chi connectivity index (χ3v) is 15.1. The summed E-state index contributed by atoms with van der Waals surface area (Å²) in [5, 5.41) is 3.75. The van der Waals surface area contributed by atoms with E-state index in [1.807, 2.05) is 24.5 Å². The number of anilines is 2. The molecule has 4 saturated heterocycles. The molecule has 15 nitrogen and oxygen atoms in total. The first-order chi connectivity index (χ1) is 31.6. The predicted molar refractivity (Wildman–Crippen MR) is 253 cm³/mol. The number of nitrogens with zero attached hydrogens (tertiary/aromatic N) is 11. The molecule has 4 aromatic rings. The number of benzene rings is 1. The van der Waals surface area contributed by atoms with Gasteiger partial charge in [-0.25, -0.2) is 9.97 Å². The van der Waals surface area contributed by atoms with Crippen molar-refractivity contribution in [3.63, 3.8) is 0 Å². The molecule has 0 unspecified atom stereocenters. The normalized spacial score (nSPS) is 22.0. The summed E-state index contributed by atoms with van der Waals surface area (Å²) in [7, 11) is 3.61. The molecule has 3 amide bonds. The van der Waals surface area contributed by atoms with Crippen LogP contribution in [-0.4, -0.2) is 167 Å². The number of nitrogens with one attached hydrogen (secondary N) is 1. The molecule has 1 aliphatic carbocycles. The van der Waals surface area contributed by atoms with Crippen LogP contribution in [0.4, 0.5) is 11.4 Å². The number of amides is 3. The van der Waals surface area contributed by atoms with Crippen LogP contribution in [0, 0.1) is 5.92 Å². The summed E-state index contributed by atoms with van der Waals surface area (Å²) in [5.74, 6) is 1.34. The zero-order chi connectivity index (χ0) is 44.6. The van der Waals surface area contributed by atoms with Crippen molar-refractivity contribution in [3.05, 3.63) is 89.4 Å². The summed E-state index contributed by atoms with van der Waals surface area (Å²) in [6.07, 6.45) is 12.8. The minimum absolute atomic E-state index is 0.00830. The van der Waals surface area contributed by atoms with Gasteiger partial charge in [-0.05, 0) is 99.5 Å². The Hall–Kier alpha value is -5.38. The van der Waals surface area contributed by atoms with Gasteiger partial charge in [0.1, 0.15) is 23.2 Å². The molecule has 1 aromatic carbocycles. The average molecular weight is 883 g/mol. The number of carbonyl (C=O) groups is 3. The Labute approximate surface area is 383 Å². The number of allylic oxidation sites excluding steroid dienone is 1. The van der Waals surface area contributed by atoms with Crippen molar-refractivity contribution >= 4 is 40.1 Å². The lowest BCUT2D eigenvalue weighted by Crippen LogP contribution is -2.50. The summed E-state index contributed by atoms with van der Waals surface area (Å²) < 4.78 is 2.18. The maximum Gasteiger partial charge on any atom is 0.270 e. The lowest BCUT2D eigenvalue weighted by atomic mass is 9.96. The highest BCUT2D eigenvalue weighted by atomic mass is 16.2. The van der Waals surface area contributed by atoms with Gasteiger partial charge in [0.25, 0.3) is 11.8 Å². The van der Waals surface area contributed by atoms with Crippen LogP contribution in [0.1, 0.15) is 95.3 Å². The Morgan fingerprint density at radius 3 is 2.17 bits per heavy atom. The Balaban J connectivity index is 0.633. The van der Waals surface area contributed by atoms with Gasteiger partial charge in [-0.2, -0.15) is 0 Å². The molecule has 15 heteroatoms. The Morgan fingerprint density at radius 2 is 1.48 bits per heavy atom. The van der Waals surface area contributed by atoms with Crippen LogP contribution in [0.25, 0.3) is 11.0 Å². The van der Waals surface area contributed by atoms with Gasteiger partial charge < -0.3 is 34.4 Å². The predicted octanol–water partition coefficient (Wildman–Crippen LogP) is 4.64. The van der Waals surface area contributed by atoms with E-state index in [-0.39, 0.29) is 17.7 Å². The molecule has 10 rings (SSSR count). The lowest BCUT2D eigenvalue weighted by molar-refractivity contribution is -0.126. The van der Waals surface area contributed by atoms with Crippen LogP contribution in [0.2, 0.25) is 0 Å². The van der Waals surface area contributed by atoms with Gasteiger partial charge in [0, 0.05) is 133 Å². The van der Waals surface area contributed by atoms with E-state index in [4.69, 9.17) is 15.0 Å². The van der Waals surface area contributed by atoms with Gasteiger partial charge >= 0.3 is 0 Å². The molecule has 344 valence electrons. The molecule has 5 fully saturated rings. The largest absolute Gasteiger partial charge is 0.369 e. The zero-order valence-corrected chi connectivity index (χ0v) is 38.5. The topological polar surface area (TPSA) is 130 Å². The monoisotopic (exact) mass is 883 g/mol. The van der Waals surface area contributed by atoms with Crippen molar-refractivity contribution in [1.29, 1.82) is 0 Å². The molecule has 0 spiro atoms. The summed E-state index contributed by atoms with van der Waals surface area (Å²) >= 11 is 0. The average Bonchev–Trinajstić information content (AvgIpc) is 4.07. The minimum atomic E-state index is -0.424. The van der Waals surface area contributed by atoms with Gasteiger partial charge in [0.15, 0.2) is 0 Å². The fourth-order valence-corrected chi connectivity index (χ4v) is 11.2. The van der Waals surface area contributed by atoms with E-state index in [9.17, 15) is 14.4 Å². The number of hydrogen-bond donors (Lipinski definition) is 1. The van der Waals surface area contributed by atoms with Crippen LogP contribution in [0.3, 0.4) is 0 Å². The van der Waals surface area contributed by atoms with Crippen molar-refractivity contribution < 1.29 is 14.4 Å². The number of hydrogen-bond acceptors (Lipinski definition) is 11. The molecule has 65 heavy (non-hydrogen) atoms. The molecule has 8 heterocycles. The van der Waals surface area contributed by atoms with Gasteiger partial charge in [0.05, 0.1) is 18.3 Å². The summed E-state index contributed by atoms with van der Waals surface area (Å²) in [5.41, 5.74) is 7.35. The van der Waals surface area contributed by atoms with Gasteiger partial charge in [-0.15, -0.1) is 0 Å². The third-order valence-electron chi connectivity index (χ3n) is 15.1. The van der Waals surface area contributed by atoms with Crippen molar-refractivity contribution in [2.75, 3.05) is 109 Å². The van der Waals surface area contributed by atoms with Crippen molar-refractivity contribution in [2.45, 2.75) is 76.4 Å². The highest BCUT2D eigenvalue weighted by molar-refractivity contribution is 6.02. The standard InChI is InChI=1S/C50H66N12O3/c1-35-8-13-44(48(63)53-35)61-34-38-28-41(11-12-43(38)49(61)64)59-26-22-58(23-27-59)33-36-14-16-56(17-15-36)18-19-57-20-24-60(25-21-57)42-10-9-39(51-32-42)30-46-52-31-37-29-45(50(65)55(2)3)62(47(37)54-46)40-6-4-5-7-40/h9-12,28-29,31-32,36,40,44H,1,4-8,13-27,30,33-34H2,2-3H3,(H,53,63)/t44-/m0/s1. The van der Waals surface area contributed by atoms with Crippen LogP contribution >= 0.6 is 0 Å². The van der Waals surface area contributed by atoms with Gasteiger partial charge in [-0.1, -0.05) is 19.4 Å². The quantitative estimate of drug-likeness (QED) is 0.214. The first-order valence-corrected chi connectivity index (χ1v) is 24.3. The second kappa shape index (κ2) is 18.8. The molecule has 5 aliphatic heterocycles. The number of fused-ring (bicyclic) bond motifs is 2. The molecule has 1 atom stereocenters. The zero-order valence-electron chi connectivity index (χ0n) is 38.5. The number of rotatable bonds is 12.